The number of nitrogens with one attached hydrogen (secondary N) is 2. The van der Waals surface area contributed by atoms with Crippen molar-refractivity contribution in [2.75, 3.05) is 57.8 Å². The second-order valence-electron chi connectivity index (χ2n) is 8.94. The zero-order chi connectivity index (χ0) is 26.5. The third-order valence-electron chi connectivity index (χ3n) is 6.71. The first-order valence-electron chi connectivity index (χ1n) is 12.2. The van der Waals surface area contributed by atoms with Gasteiger partial charge in [-0.1, -0.05) is 6.07 Å². The van der Waals surface area contributed by atoms with Crippen LogP contribution in [0.3, 0.4) is 0 Å². The summed E-state index contributed by atoms with van der Waals surface area (Å²) in [4.78, 5) is 39.9. The minimum atomic E-state index is -0.387. The lowest BCUT2D eigenvalue weighted by Crippen LogP contribution is -2.41. The molecule has 37 heavy (non-hydrogen) atoms. The summed E-state index contributed by atoms with van der Waals surface area (Å²) in [5.74, 6) is 3.11. The van der Waals surface area contributed by atoms with Crippen LogP contribution in [0.5, 0.6) is 17.2 Å². The average molecular weight is 528 g/mol. The van der Waals surface area contributed by atoms with E-state index in [-0.39, 0.29) is 29.8 Å². The van der Waals surface area contributed by atoms with Gasteiger partial charge >= 0.3 is 0 Å². The van der Waals surface area contributed by atoms with Crippen LogP contribution in [0.4, 0.5) is 5.69 Å². The number of thioether (sulfide) groups is 1. The Bertz CT molecular complexity index is 1250. The lowest BCUT2D eigenvalue weighted by molar-refractivity contribution is -0.129. The third-order valence-corrected chi connectivity index (χ3v) is 7.65. The number of hydrogen-bond acceptors (Lipinski definition) is 8. The Morgan fingerprint density at radius 1 is 1.05 bits per heavy atom. The van der Waals surface area contributed by atoms with Gasteiger partial charge in [0, 0.05) is 37.1 Å². The summed E-state index contributed by atoms with van der Waals surface area (Å²) in [5.41, 5.74) is 3.21. The van der Waals surface area contributed by atoms with Crippen molar-refractivity contribution < 1.29 is 23.8 Å². The number of ether oxygens (including phenoxy) is 3. The van der Waals surface area contributed by atoms with E-state index in [1.807, 2.05) is 28.8 Å². The summed E-state index contributed by atoms with van der Waals surface area (Å²) in [6, 6.07) is 6.61. The van der Waals surface area contributed by atoms with Gasteiger partial charge in [0.25, 0.3) is 0 Å². The van der Waals surface area contributed by atoms with Gasteiger partial charge in [-0.3, -0.25) is 14.4 Å². The summed E-state index contributed by atoms with van der Waals surface area (Å²) in [7, 11) is 4.68. The smallest absolute Gasteiger partial charge is 0.241 e. The number of nitrogens with zero attached hydrogens (tertiary/aromatic N) is 1. The van der Waals surface area contributed by atoms with Crippen LogP contribution in [0.15, 0.2) is 29.1 Å². The normalized spacial score (nSPS) is 16.5. The Hall–Kier alpha value is -3.40. The SMILES string of the molecule is COc1cc2c(c(OC)c1OC)-c1ccc(NCC(=O)N3CCSCC3)c(=O)cc1[C@@H](NC(C)=O)CC2. The highest BCUT2D eigenvalue weighted by Gasteiger charge is 2.29. The molecule has 1 aliphatic heterocycles. The van der Waals surface area contributed by atoms with E-state index in [9.17, 15) is 14.4 Å². The molecule has 10 heteroatoms. The molecule has 1 aliphatic carbocycles. The van der Waals surface area contributed by atoms with Gasteiger partial charge in [0.2, 0.25) is 23.0 Å². The van der Waals surface area contributed by atoms with Crippen molar-refractivity contribution in [2.45, 2.75) is 25.8 Å². The minimum absolute atomic E-state index is 0.0345. The Kier molecular flexibility index (Phi) is 8.48. The molecule has 4 rings (SSSR count). The zero-order valence-electron chi connectivity index (χ0n) is 21.6. The van der Waals surface area contributed by atoms with Crippen LogP contribution in [-0.2, 0) is 16.0 Å². The molecule has 2 N–H and O–H groups in total. The lowest BCUT2D eigenvalue weighted by atomic mass is 9.95. The Morgan fingerprint density at radius 2 is 1.78 bits per heavy atom. The highest BCUT2D eigenvalue weighted by Crippen LogP contribution is 2.50. The Labute approximate surface area is 220 Å². The monoisotopic (exact) mass is 527 g/mol. The number of carbonyl (C=O) groups excluding carboxylic acids is 2. The number of methoxy groups -OCH3 is 3. The molecule has 2 amide bonds. The van der Waals surface area contributed by atoms with Gasteiger partial charge in [0.15, 0.2) is 11.5 Å². The number of hydrogen-bond donors (Lipinski definition) is 2. The van der Waals surface area contributed by atoms with Crippen LogP contribution in [0, 0.1) is 0 Å². The van der Waals surface area contributed by atoms with Crippen LogP contribution in [0.25, 0.3) is 11.1 Å². The maximum atomic E-state index is 13.3. The fourth-order valence-corrected chi connectivity index (χ4v) is 5.85. The van der Waals surface area contributed by atoms with Crippen LogP contribution in [0.1, 0.15) is 30.5 Å². The number of amides is 2. The van der Waals surface area contributed by atoms with Crippen molar-refractivity contribution in [1.29, 1.82) is 0 Å². The van der Waals surface area contributed by atoms with E-state index in [0.29, 0.717) is 54.4 Å². The number of anilines is 1. The predicted molar refractivity (Wildman–Crippen MR) is 145 cm³/mol. The van der Waals surface area contributed by atoms with E-state index in [2.05, 4.69) is 10.6 Å². The van der Waals surface area contributed by atoms with Gasteiger partial charge in [-0.15, -0.1) is 0 Å². The third kappa shape index (κ3) is 5.64. The first-order valence-corrected chi connectivity index (χ1v) is 13.4. The number of fused-ring (bicyclic) bond motifs is 3. The van der Waals surface area contributed by atoms with E-state index in [4.69, 9.17) is 14.2 Å². The van der Waals surface area contributed by atoms with Crippen molar-refractivity contribution >= 4 is 29.3 Å². The number of rotatable bonds is 7. The van der Waals surface area contributed by atoms with Gasteiger partial charge in [0.05, 0.1) is 39.6 Å². The Morgan fingerprint density at radius 3 is 2.43 bits per heavy atom. The second kappa shape index (κ2) is 11.8. The first-order chi connectivity index (χ1) is 17.9. The molecule has 1 atom stereocenters. The average Bonchev–Trinajstić information content (AvgIpc) is 3.15. The molecule has 1 fully saturated rings. The Balaban J connectivity index is 1.81. The van der Waals surface area contributed by atoms with Crippen LogP contribution in [0.2, 0.25) is 0 Å². The molecule has 0 aromatic heterocycles. The van der Waals surface area contributed by atoms with E-state index in [0.717, 1.165) is 28.2 Å². The summed E-state index contributed by atoms with van der Waals surface area (Å²) in [6.07, 6.45) is 1.20. The van der Waals surface area contributed by atoms with Crippen LogP contribution >= 0.6 is 11.8 Å². The van der Waals surface area contributed by atoms with Gasteiger partial charge in [-0.05, 0) is 47.7 Å². The van der Waals surface area contributed by atoms with Gasteiger partial charge in [0.1, 0.15) is 0 Å². The number of carbonyl (C=O) groups is 2. The molecule has 0 bridgehead atoms. The molecule has 0 unspecified atom stereocenters. The molecule has 1 saturated heterocycles. The summed E-state index contributed by atoms with van der Waals surface area (Å²) < 4.78 is 17.0. The zero-order valence-corrected chi connectivity index (χ0v) is 22.5. The summed E-state index contributed by atoms with van der Waals surface area (Å²) >= 11 is 1.83. The topological polar surface area (TPSA) is 106 Å². The predicted octanol–water partition coefficient (Wildman–Crippen LogP) is 2.85. The van der Waals surface area contributed by atoms with Crippen molar-refractivity contribution in [3.63, 3.8) is 0 Å². The summed E-state index contributed by atoms with van der Waals surface area (Å²) in [5, 5.41) is 6.04. The molecule has 2 aliphatic rings. The molecular formula is C27H33N3O6S. The molecule has 9 nitrogen and oxygen atoms in total. The minimum Gasteiger partial charge on any atom is -0.493 e. The van der Waals surface area contributed by atoms with Crippen LogP contribution < -0.4 is 30.3 Å². The van der Waals surface area contributed by atoms with Gasteiger partial charge < -0.3 is 29.7 Å². The lowest BCUT2D eigenvalue weighted by Gasteiger charge is -2.26. The first kappa shape index (κ1) is 26.7. The van der Waals surface area contributed by atoms with Crippen molar-refractivity contribution in [3.05, 3.63) is 45.6 Å². The second-order valence-corrected chi connectivity index (χ2v) is 10.2. The maximum Gasteiger partial charge on any atom is 0.241 e. The van der Waals surface area contributed by atoms with E-state index < -0.39 is 0 Å². The highest BCUT2D eigenvalue weighted by atomic mass is 32.2. The quantitative estimate of drug-likeness (QED) is 0.566. The van der Waals surface area contributed by atoms with E-state index in [1.54, 1.807) is 33.5 Å². The molecule has 198 valence electrons. The largest absolute Gasteiger partial charge is 0.493 e. The van der Waals surface area contributed by atoms with Gasteiger partial charge in [-0.2, -0.15) is 11.8 Å². The molecule has 0 saturated carbocycles. The van der Waals surface area contributed by atoms with Crippen molar-refractivity contribution in [3.8, 4) is 28.4 Å². The van der Waals surface area contributed by atoms with Crippen molar-refractivity contribution in [1.82, 2.24) is 10.2 Å². The molecule has 0 radical (unpaired) electrons. The maximum absolute atomic E-state index is 13.3. The van der Waals surface area contributed by atoms with Gasteiger partial charge in [-0.25, -0.2) is 0 Å². The summed E-state index contributed by atoms with van der Waals surface area (Å²) in [6.45, 7) is 2.93. The van der Waals surface area contributed by atoms with E-state index in [1.165, 1.54) is 6.92 Å². The highest BCUT2D eigenvalue weighted by molar-refractivity contribution is 7.99. The molecule has 2 aromatic rings. The molecule has 1 heterocycles. The van der Waals surface area contributed by atoms with Crippen molar-refractivity contribution in [2.24, 2.45) is 0 Å². The number of aryl methyl sites for hydroxylation is 1. The number of benzene rings is 1. The molecule has 2 aromatic carbocycles. The standard InChI is InChI=1S/C27H33N3O6S/c1-16(31)29-20-7-5-17-13-23(34-2)26(35-3)27(36-4)25(17)18-6-8-21(22(32)14-19(18)20)28-15-24(33)30-9-11-37-12-10-30/h6,8,13-14,20H,5,7,9-12,15H2,1-4H3,(H,28,32)(H,29,31)/t20-/m0/s1. The molecule has 0 spiro atoms. The fourth-order valence-electron chi connectivity index (χ4n) is 4.95. The fraction of sp³-hybridized carbons (Fsp3) is 0.444. The van der Waals surface area contributed by atoms with E-state index >= 15 is 0 Å². The molecular weight excluding hydrogens is 494 g/mol. The van der Waals surface area contributed by atoms with Crippen LogP contribution in [-0.4, -0.2) is 69.2 Å².